The zero-order chi connectivity index (χ0) is 12.5. The molecule has 1 heterocycles. The van der Waals surface area contributed by atoms with Gasteiger partial charge in [0.25, 0.3) is 0 Å². The van der Waals surface area contributed by atoms with E-state index < -0.39 is 0 Å². The number of likely N-dealkylation sites (tertiary alicyclic amines) is 1. The fourth-order valence-electron chi connectivity index (χ4n) is 2.63. The van der Waals surface area contributed by atoms with Gasteiger partial charge in [0.1, 0.15) is 0 Å². The SMILES string of the molecule is C=C(CNC1CC1)CN1CCC(C(C)(C)C)C1. The quantitative estimate of drug-likeness (QED) is 0.738. The van der Waals surface area contributed by atoms with E-state index in [-0.39, 0.29) is 0 Å². The molecule has 1 atom stereocenters. The third-order valence-corrected chi connectivity index (χ3v) is 4.16. The molecule has 1 saturated carbocycles. The maximum atomic E-state index is 4.20. The summed E-state index contributed by atoms with van der Waals surface area (Å²) in [6.45, 7) is 15.9. The molecule has 0 aromatic carbocycles. The molecule has 1 aliphatic heterocycles. The molecule has 0 aromatic heterocycles. The van der Waals surface area contributed by atoms with Crippen molar-refractivity contribution < 1.29 is 0 Å². The summed E-state index contributed by atoms with van der Waals surface area (Å²) >= 11 is 0. The Morgan fingerprint density at radius 2 is 2.00 bits per heavy atom. The molecular formula is C15H28N2. The third-order valence-electron chi connectivity index (χ3n) is 4.16. The molecule has 0 spiro atoms. The molecule has 1 N–H and O–H groups in total. The summed E-state index contributed by atoms with van der Waals surface area (Å²) in [7, 11) is 0. The predicted octanol–water partition coefficient (Wildman–Crippen LogP) is 2.66. The van der Waals surface area contributed by atoms with E-state index >= 15 is 0 Å². The largest absolute Gasteiger partial charge is 0.310 e. The Kier molecular flexibility index (Phi) is 3.94. The van der Waals surface area contributed by atoms with Gasteiger partial charge in [-0.2, -0.15) is 0 Å². The molecular weight excluding hydrogens is 208 g/mol. The molecule has 2 rings (SSSR count). The van der Waals surface area contributed by atoms with Crippen LogP contribution < -0.4 is 5.32 Å². The van der Waals surface area contributed by atoms with E-state index in [9.17, 15) is 0 Å². The minimum absolute atomic E-state index is 0.461. The predicted molar refractivity (Wildman–Crippen MR) is 74.2 cm³/mol. The van der Waals surface area contributed by atoms with E-state index in [1.807, 2.05) is 0 Å². The first-order chi connectivity index (χ1) is 7.95. The van der Waals surface area contributed by atoms with Crippen LogP contribution in [0.2, 0.25) is 0 Å². The Bertz CT molecular complexity index is 273. The Labute approximate surface area is 106 Å². The van der Waals surface area contributed by atoms with Gasteiger partial charge in [0.15, 0.2) is 0 Å². The van der Waals surface area contributed by atoms with E-state index in [2.05, 4.69) is 37.6 Å². The molecule has 2 fully saturated rings. The monoisotopic (exact) mass is 236 g/mol. The molecule has 0 radical (unpaired) electrons. The topological polar surface area (TPSA) is 15.3 Å². The van der Waals surface area contributed by atoms with E-state index in [0.717, 1.165) is 25.0 Å². The van der Waals surface area contributed by atoms with Gasteiger partial charge in [-0.25, -0.2) is 0 Å². The van der Waals surface area contributed by atoms with Crippen LogP contribution in [0.4, 0.5) is 0 Å². The maximum Gasteiger partial charge on any atom is 0.0202 e. The van der Waals surface area contributed by atoms with E-state index in [1.54, 1.807) is 0 Å². The maximum absolute atomic E-state index is 4.20. The minimum Gasteiger partial charge on any atom is -0.310 e. The van der Waals surface area contributed by atoms with Crippen molar-refractivity contribution in [2.24, 2.45) is 11.3 Å². The standard InChI is InChI=1S/C15H28N2/c1-12(9-16-14-5-6-14)10-17-8-7-13(11-17)15(2,3)4/h13-14,16H,1,5-11H2,2-4H3. The molecule has 2 heteroatoms. The second-order valence-electron chi connectivity index (χ2n) is 6.99. The lowest BCUT2D eigenvalue weighted by Crippen LogP contribution is -2.30. The van der Waals surface area contributed by atoms with Crippen LogP contribution in [0.15, 0.2) is 12.2 Å². The van der Waals surface area contributed by atoms with E-state index in [1.165, 1.54) is 37.9 Å². The number of rotatable bonds is 5. The van der Waals surface area contributed by atoms with Crippen LogP contribution in [0.5, 0.6) is 0 Å². The molecule has 1 unspecified atom stereocenters. The molecule has 98 valence electrons. The highest BCUT2D eigenvalue weighted by Gasteiger charge is 2.31. The molecule has 1 aliphatic carbocycles. The highest BCUT2D eigenvalue weighted by molar-refractivity contribution is 5.03. The van der Waals surface area contributed by atoms with Gasteiger partial charge in [0.2, 0.25) is 0 Å². The van der Waals surface area contributed by atoms with Gasteiger partial charge >= 0.3 is 0 Å². The van der Waals surface area contributed by atoms with Crippen molar-refractivity contribution in [3.05, 3.63) is 12.2 Å². The average Bonchev–Trinajstić information content (AvgIpc) is 2.93. The van der Waals surface area contributed by atoms with Gasteiger partial charge in [0, 0.05) is 25.7 Å². The fourth-order valence-corrected chi connectivity index (χ4v) is 2.63. The Morgan fingerprint density at radius 1 is 1.29 bits per heavy atom. The molecule has 0 aromatic rings. The smallest absolute Gasteiger partial charge is 0.0202 e. The lowest BCUT2D eigenvalue weighted by molar-refractivity contribution is 0.234. The van der Waals surface area contributed by atoms with Gasteiger partial charge in [-0.1, -0.05) is 27.4 Å². The summed E-state index contributed by atoms with van der Waals surface area (Å²) in [5.41, 5.74) is 1.81. The lowest BCUT2D eigenvalue weighted by Gasteiger charge is -2.27. The number of hydrogen-bond donors (Lipinski definition) is 1. The van der Waals surface area contributed by atoms with Gasteiger partial charge in [-0.05, 0) is 42.7 Å². The molecule has 0 amide bonds. The molecule has 17 heavy (non-hydrogen) atoms. The van der Waals surface area contributed by atoms with Gasteiger partial charge in [-0.3, -0.25) is 4.90 Å². The average molecular weight is 236 g/mol. The minimum atomic E-state index is 0.461. The van der Waals surface area contributed by atoms with Crippen molar-refractivity contribution >= 4 is 0 Å². The summed E-state index contributed by atoms with van der Waals surface area (Å²) in [4.78, 5) is 2.58. The van der Waals surface area contributed by atoms with Crippen LogP contribution in [0.25, 0.3) is 0 Å². The van der Waals surface area contributed by atoms with Crippen LogP contribution in [0.3, 0.4) is 0 Å². The van der Waals surface area contributed by atoms with Crippen molar-refractivity contribution in [1.82, 2.24) is 10.2 Å². The van der Waals surface area contributed by atoms with Gasteiger partial charge in [-0.15, -0.1) is 0 Å². The fraction of sp³-hybridized carbons (Fsp3) is 0.867. The highest BCUT2D eigenvalue weighted by Crippen LogP contribution is 2.33. The second-order valence-corrected chi connectivity index (χ2v) is 6.99. The molecule has 2 nitrogen and oxygen atoms in total. The number of nitrogens with zero attached hydrogens (tertiary/aromatic N) is 1. The third kappa shape index (κ3) is 4.11. The second kappa shape index (κ2) is 5.11. The van der Waals surface area contributed by atoms with Crippen molar-refractivity contribution in [3.8, 4) is 0 Å². The Balaban J connectivity index is 1.67. The van der Waals surface area contributed by atoms with E-state index in [0.29, 0.717) is 5.41 Å². The summed E-state index contributed by atoms with van der Waals surface area (Å²) in [5, 5.41) is 3.55. The zero-order valence-electron chi connectivity index (χ0n) is 11.8. The first-order valence-corrected chi connectivity index (χ1v) is 7.07. The number of hydrogen-bond acceptors (Lipinski definition) is 2. The van der Waals surface area contributed by atoms with Crippen LogP contribution in [0, 0.1) is 11.3 Å². The Hall–Kier alpha value is -0.340. The highest BCUT2D eigenvalue weighted by atomic mass is 15.1. The normalized spacial score (nSPS) is 26.4. The van der Waals surface area contributed by atoms with Gasteiger partial charge < -0.3 is 5.32 Å². The summed E-state index contributed by atoms with van der Waals surface area (Å²) in [6, 6.07) is 0.799. The van der Waals surface area contributed by atoms with Crippen molar-refractivity contribution in [3.63, 3.8) is 0 Å². The van der Waals surface area contributed by atoms with E-state index in [4.69, 9.17) is 0 Å². The summed E-state index contributed by atoms with van der Waals surface area (Å²) < 4.78 is 0. The molecule has 1 saturated heterocycles. The Morgan fingerprint density at radius 3 is 2.53 bits per heavy atom. The lowest BCUT2D eigenvalue weighted by atomic mass is 9.80. The first kappa shape index (κ1) is 13.1. The van der Waals surface area contributed by atoms with Crippen LogP contribution >= 0.6 is 0 Å². The van der Waals surface area contributed by atoms with Gasteiger partial charge in [0.05, 0.1) is 0 Å². The van der Waals surface area contributed by atoms with Crippen LogP contribution in [-0.2, 0) is 0 Å². The molecule has 2 aliphatic rings. The number of nitrogens with one attached hydrogen (secondary N) is 1. The van der Waals surface area contributed by atoms with Crippen molar-refractivity contribution in [2.45, 2.75) is 46.1 Å². The van der Waals surface area contributed by atoms with Crippen LogP contribution in [0.1, 0.15) is 40.0 Å². The van der Waals surface area contributed by atoms with Crippen molar-refractivity contribution in [2.75, 3.05) is 26.2 Å². The van der Waals surface area contributed by atoms with Crippen molar-refractivity contribution in [1.29, 1.82) is 0 Å². The summed E-state index contributed by atoms with van der Waals surface area (Å²) in [5.74, 6) is 0.853. The first-order valence-electron chi connectivity index (χ1n) is 7.07. The summed E-state index contributed by atoms with van der Waals surface area (Å²) in [6.07, 6.45) is 4.08. The zero-order valence-corrected chi connectivity index (χ0v) is 11.8. The molecule has 0 bridgehead atoms. The van der Waals surface area contributed by atoms with Crippen LogP contribution in [-0.4, -0.2) is 37.1 Å².